The van der Waals surface area contributed by atoms with Gasteiger partial charge in [-0.3, -0.25) is 4.79 Å². The molecule has 1 N–H and O–H groups in total. The highest BCUT2D eigenvalue weighted by Crippen LogP contribution is 2.17. The second kappa shape index (κ2) is 9.46. The smallest absolute Gasteiger partial charge is 0.344 e. The van der Waals surface area contributed by atoms with Gasteiger partial charge in [0.15, 0.2) is 12.7 Å². The summed E-state index contributed by atoms with van der Waals surface area (Å²) in [6, 6.07) is 14.3. The summed E-state index contributed by atoms with van der Waals surface area (Å²) in [5, 5.41) is 2.70. The van der Waals surface area contributed by atoms with Crippen molar-refractivity contribution in [2.75, 3.05) is 18.5 Å². The molecule has 26 heavy (non-hydrogen) atoms. The highest BCUT2D eigenvalue weighted by molar-refractivity contribution is 5.95. The normalized spacial score (nSPS) is 11.3. The zero-order valence-corrected chi connectivity index (χ0v) is 15.2. The molecule has 0 aliphatic rings. The molecule has 138 valence electrons. The summed E-state index contributed by atoms with van der Waals surface area (Å²) < 4.78 is 15.8. The van der Waals surface area contributed by atoms with E-state index in [1.165, 1.54) is 6.92 Å². The molecule has 0 aliphatic heterocycles. The van der Waals surface area contributed by atoms with E-state index in [4.69, 9.17) is 14.2 Å². The van der Waals surface area contributed by atoms with Crippen molar-refractivity contribution in [1.82, 2.24) is 0 Å². The number of esters is 1. The van der Waals surface area contributed by atoms with Gasteiger partial charge in [0, 0.05) is 5.69 Å². The van der Waals surface area contributed by atoms with Crippen molar-refractivity contribution in [3.05, 3.63) is 54.1 Å². The van der Waals surface area contributed by atoms with Crippen LogP contribution in [0.1, 0.15) is 19.4 Å². The lowest BCUT2D eigenvalue weighted by molar-refractivity contribution is -0.155. The molecule has 0 fully saturated rings. The van der Waals surface area contributed by atoms with Gasteiger partial charge in [-0.15, -0.1) is 0 Å². The maximum Gasteiger partial charge on any atom is 0.344 e. The van der Waals surface area contributed by atoms with Crippen molar-refractivity contribution in [3.8, 4) is 11.5 Å². The van der Waals surface area contributed by atoms with E-state index < -0.39 is 18.0 Å². The Labute approximate surface area is 153 Å². The Kier molecular flexibility index (Phi) is 7.02. The number of benzene rings is 2. The van der Waals surface area contributed by atoms with Crippen LogP contribution in [-0.4, -0.2) is 31.2 Å². The van der Waals surface area contributed by atoms with Crippen LogP contribution in [0.3, 0.4) is 0 Å². The van der Waals surface area contributed by atoms with E-state index in [1.807, 2.05) is 26.0 Å². The fourth-order valence-electron chi connectivity index (χ4n) is 2.11. The summed E-state index contributed by atoms with van der Waals surface area (Å²) in [6.07, 6.45) is -0.923. The standard InChI is InChI=1S/C20H23NO5/c1-4-24-17-9-11-18(12-10-17)25-13-19(22)26-15(3)20(23)21-16-7-5-14(2)6-8-16/h5-12,15H,4,13H2,1-3H3,(H,21,23)/t15-/m1/s1. The van der Waals surface area contributed by atoms with Gasteiger partial charge >= 0.3 is 5.97 Å². The maximum absolute atomic E-state index is 12.1. The first-order valence-electron chi connectivity index (χ1n) is 8.40. The molecule has 0 unspecified atom stereocenters. The molecule has 0 aliphatic carbocycles. The summed E-state index contributed by atoms with van der Waals surface area (Å²) in [4.78, 5) is 23.9. The number of anilines is 1. The van der Waals surface area contributed by atoms with Gasteiger partial charge in [0.25, 0.3) is 5.91 Å². The minimum absolute atomic E-state index is 0.282. The monoisotopic (exact) mass is 357 g/mol. The van der Waals surface area contributed by atoms with Crippen LogP contribution in [0.25, 0.3) is 0 Å². The minimum Gasteiger partial charge on any atom is -0.494 e. The molecule has 0 saturated heterocycles. The third-order valence-electron chi connectivity index (χ3n) is 3.49. The molecule has 0 spiro atoms. The lowest BCUT2D eigenvalue weighted by Crippen LogP contribution is -2.31. The van der Waals surface area contributed by atoms with Crippen LogP contribution in [0.4, 0.5) is 5.69 Å². The average Bonchev–Trinajstić information content (AvgIpc) is 2.63. The first kappa shape index (κ1) is 19.3. The first-order valence-corrected chi connectivity index (χ1v) is 8.40. The second-order valence-corrected chi connectivity index (χ2v) is 5.68. The van der Waals surface area contributed by atoms with Gasteiger partial charge in [-0.25, -0.2) is 4.79 Å². The van der Waals surface area contributed by atoms with Crippen LogP contribution in [0.2, 0.25) is 0 Å². The molecular formula is C20H23NO5. The zero-order chi connectivity index (χ0) is 18.9. The average molecular weight is 357 g/mol. The molecule has 0 heterocycles. The molecule has 1 atom stereocenters. The predicted molar refractivity (Wildman–Crippen MR) is 98.5 cm³/mol. The maximum atomic E-state index is 12.1. The van der Waals surface area contributed by atoms with Gasteiger partial charge in [0.05, 0.1) is 6.61 Å². The van der Waals surface area contributed by atoms with E-state index in [2.05, 4.69) is 5.32 Å². The van der Waals surface area contributed by atoms with Crippen LogP contribution >= 0.6 is 0 Å². The highest BCUT2D eigenvalue weighted by atomic mass is 16.6. The minimum atomic E-state index is -0.923. The molecule has 0 saturated carbocycles. The molecule has 0 radical (unpaired) electrons. The number of amides is 1. The second-order valence-electron chi connectivity index (χ2n) is 5.68. The van der Waals surface area contributed by atoms with E-state index in [1.54, 1.807) is 36.4 Å². The number of hydrogen-bond donors (Lipinski definition) is 1. The summed E-state index contributed by atoms with van der Waals surface area (Å²) in [5.74, 6) is 0.222. The molecule has 2 aromatic carbocycles. The van der Waals surface area contributed by atoms with Crippen molar-refractivity contribution < 1.29 is 23.8 Å². The van der Waals surface area contributed by atoms with E-state index in [-0.39, 0.29) is 6.61 Å². The first-order chi connectivity index (χ1) is 12.5. The van der Waals surface area contributed by atoms with E-state index >= 15 is 0 Å². The number of ether oxygens (including phenoxy) is 3. The molecule has 0 aromatic heterocycles. The van der Waals surface area contributed by atoms with Crippen LogP contribution < -0.4 is 14.8 Å². The Morgan fingerprint density at radius 1 is 0.962 bits per heavy atom. The number of rotatable bonds is 8. The fraction of sp³-hybridized carbons (Fsp3) is 0.300. The van der Waals surface area contributed by atoms with E-state index in [0.29, 0.717) is 18.0 Å². The quantitative estimate of drug-likeness (QED) is 0.734. The third-order valence-corrected chi connectivity index (χ3v) is 3.49. The summed E-state index contributed by atoms with van der Waals surface area (Å²) in [6.45, 7) is 5.67. The molecule has 0 bridgehead atoms. The fourth-order valence-corrected chi connectivity index (χ4v) is 2.11. The van der Waals surface area contributed by atoms with Gasteiger partial charge in [-0.05, 0) is 57.2 Å². The Morgan fingerprint density at radius 3 is 2.12 bits per heavy atom. The molecule has 1 amide bonds. The summed E-state index contributed by atoms with van der Waals surface area (Å²) >= 11 is 0. The highest BCUT2D eigenvalue weighted by Gasteiger charge is 2.18. The molecule has 6 nitrogen and oxygen atoms in total. The number of nitrogens with one attached hydrogen (secondary N) is 1. The molecule has 2 rings (SSSR count). The number of hydrogen-bond acceptors (Lipinski definition) is 5. The van der Waals surface area contributed by atoms with Crippen molar-refractivity contribution >= 4 is 17.6 Å². The summed E-state index contributed by atoms with van der Waals surface area (Å²) in [7, 11) is 0. The lowest BCUT2D eigenvalue weighted by Gasteiger charge is -2.14. The van der Waals surface area contributed by atoms with E-state index in [9.17, 15) is 9.59 Å². The third kappa shape index (κ3) is 6.12. The Morgan fingerprint density at radius 2 is 1.54 bits per heavy atom. The van der Waals surface area contributed by atoms with Gasteiger partial charge in [-0.1, -0.05) is 17.7 Å². The van der Waals surface area contributed by atoms with Crippen molar-refractivity contribution in [2.45, 2.75) is 26.9 Å². The zero-order valence-electron chi connectivity index (χ0n) is 15.2. The predicted octanol–water partition coefficient (Wildman–Crippen LogP) is 3.34. The van der Waals surface area contributed by atoms with Crippen molar-refractivity contribution in [2.24, 2.45) is 0 Å². The number of aryl methyl sites for hydroxylation is 1. The van der Waals surface area contributed by atoms with Crippen LogP contribution in [0.5, 0.6) is 11.5 Å². The van der Waals surface area contributed by atoms with Crippen LogP contribution in [0, 0.1) is 6.92 Å². The largest absolute Gasteiger partial charge is 0.494 e. The number of carbonyl (C=O) groups is 2. The Hall–Kier alpha value is -3.02. The van der Waals surface area contributed by atoms with E-state index in [0.717, 1.165) is 11.3 Å². The van der Waals surface area contributed by atoms with Crippen LogP contribution in [-0.2, 0) is 14.3 Å². The van der Waals surface area contributed by atoms with Gasteiger partial charge in [0.2, 0.25) is 0 Å². The summed E-state index contributed by atoms with van der Waals surface area (Å²) in [5.41, 5.74) is 1.74. The van der Waals surface area contributed by atoms with Crippen molar-refractivity contribution in [1.29, 1.82) is 0 Å². The Balaban J connectivity index is 1.77. The van der Waals surface area contributed by atoms with Crippen molar-refractivity contribution in [3.63, 3.8) is 0 Å². The number of carbonyl (C=O) groups excluding carboxylic acids is 2. The Bertz CT molecular complexity index is 725. The molecule has 6 heteroatoms. The van der Waals surface area contributed by atoms with Gasteiger partial charge in [-0.2, -0.15) is 0 Å². The topological polar surface area (TPSA) is 73.9 Å². The van der Waals surface area contributed by atoms with Gasteiger partial charge in [0.1, 0.15) is 11.5 Å². The SMILES string of the molecule is CCOc1ccc(OCC(=O)O[C@H](C)C(=O)Nc2ccc(C)cc2)cc1. The molecule has 2 aromatic rings. The van der Waals surface area contributed by atoms with Crippen LogP contribution in [0.15, 0.2) is 48.5 Å². The lowest BCUT2D eigenvalue weighted by atomic mass is 10.2. The van der Waals surface area contributed by atoms with Gasteiger partial charge < -0.3 is 19.5 Å². The molecular weight excluding hydrogens is 334 g/mol.